The quantitative estimate of drug-likeness (QED) is 0.0130. The Morgan fingerprint density at radius 2 is 0.736 bits per heavy atom. The average molecular weight is 1410 g/mol. The minimum atomic E-state index is -0.341. The van der Waals surface area contributed by atoms with E-state index < -0.39 is 0 Å². The number of anilines is 3. The second-order valence-electron chi connectivity index (χ2n) is 20.1. The zero-order valence-electron chi connectivity index (χ0n) is 48.8. The summed E-state index contributed by atoms with van der Waals surface area (Å²) in [5.74, 6) is 5.31. The number of amidine groups is 1. The van der Waals surface area contributed by atoms with Crippen LogP contribution in [0.4, 0.5) is 17.5 Å². The third-order valence-electron chi connectivity index (χ3n) is 13.9. The van der Waals surface area contributed by atoms with Gasteiger partial charge < -0.3 is 31.1 Å². The normalized spacial score (nSPS) is 11.1. The first-order chi connectivity index (χ1) is 43.9. The molecule has 1 saturated heterocycles. The number of nitroso groups, excluding NO2 is 1. The molecule has 460 valence electrons. The second kappa shape index (κ2) is 34.0. The van der Waals surface area contributed by atoms with E-state index in [1.54, 1.807) is 189 Å². The maximum atomic E-state index is 12.9. The predicted octanol–water partition coefficient (Wildman–Crippen LogP) is 13.9. The number of pyridine rings is 3. The van der Waals surface area contributed by atoms with E-state index in [9.17, 15) is 28.8 Å². The Balaban J connectivity index is 0.000000192. The number of carbonyl (C=O) groups is 6. The molecule has 4 heterocycles. The van der Waals surface area contributed by atoms with E-state index in [1.807, 2.05) is 18.2 Å². The molecule has 10 rings (SSSR count). The number of benzene rings is 6. The monoisotopic (exact) mass is 1410 g/mol. The molecule has 1 aliphatic rings. The summed E-state index contributed by atoms with van der Waals surface area (Å²) in [5, 5.41) is 31.8. The van der Waals surface area contributed by atoms with Crippen molar-refractivity contribution in [3.8, 4) is 0 Å². The van der Waals surface area contributed by atoms with Crippen molar-refractivity contribution in [1.82, 2.24) is 19.9 Å². The van der Waals surface area contributed by atoms with Crippen LogP contribution in [-0.2, 0) is 24.1 Å². The lowest BCUT2D eigenvalue weighted by Crippen LogP contribution is -2.27. The Morgan fingerprint density at radius 3 is 1.03 bits per heavy atom. The molecule has 1 aliphatic heterocycles. The lowest BCUT2D eigenvalue weighted by molar-refractivity contribution is 0.0980. The predicted molar refractivity (Wildman–Crippen MR) is 361 cm³/mol. The molecule has 0 bridgehead atoms. The molecule has 1 fully saturated rings. The summed E-state index contributed by atoms with van der Waals surface area (Å²) in [6.45, 7) is 3.52. The van der Waals surface area contributed by atoms with Crippen LogP contribution in [0.5, 0.6) is 0 Å². The number of nitrogens with one attached hydrogen (secondary N) is 7. The molecule has 9 aromatic rings. The van der Waals surface area contributed by atoms with Gasteiger partial charge in [0, 0.05) is 115 Å². The topological polar surface area (TPSA) is 328 Å². The van der Waals surface area contributed by atoms with Gasteiger partial charge in [-0.05, 0) is 157 Å². The summed E-state index contributed by atoms with van der Waals surface area (Å²) in [7, 11) is 0. The number of nitrogens with two attached hydrogens (primary N) is 1. The highest BCUT2D eigenvalue weighted by Crippen LogP contribution is 2.22. The van der Waals surface area contributed by atoms with Gasteiger partial charge in [-0.1, -0.05) is 121 Å². The van der Waals surface area contributed by atoms with Gasteiger partial charge >= 0.3 is 0 Å². The van der Waals surface area contributed by atoms with Gasteiger partial charge in [0.15, 0.2) is 17.3 Å². The van der Waals surface area contributed by atoms with Crippen LogP contribution in [0.1, 0.15) is 115 Å². The number of halogens is 3. The second-order valence-corrected chi connectivity index (χ2v) is 22.8. The minimum Gasteiger partial charge on any atom is -0.391 e. The van der Waals surface area contributed by atoms with Crippen LogP contribution in [0.25, 0.3) is 0 Å². The number of hydrogen-bond acceptors (Lipinski definition) is 16. The summed E-state index contributed by atoms with van der Waals surface area (Å²) in [4.78, 5) is 103. The number of ketones is 3. The van der Waals surface area contributed by atoms with E-state index in [-0.39, 0.29) is 60.2 Å². The molecule has 0 radical (unpaired) electrons. The van der Waals surface area contributed by atoms with Gasteiger partial charge in [0.2, 0.25) is 5.90 Å². The molecule has 3 amide bonds. The Labute approximate surface area is 549 Å². The highest BCUT2D eigenvalue weighted by Gasteiger charge is 2.21. The van der Waals surface area contributed by atoms with Crippen LogP contribution in [0.15, 0.2) is 214 Å². The zero-order valence-corrected chi connectivity index (χ0v) is 53.5. The van der Waals surface area contributed by atoms with Crippen molar-refractivity contribution in [3.05, 3.63) is 286 Å². The van der Waals surface area contributed by atoms with Crippen molar-refractivity contribution in [1.29, 1.82) is 21.8 Å². The molecular formula is C68H59Br3N12O8. The molecule has 0 atom stereocenters. The van der Waals surface area contributed by atoms with Crippen LogP contribution < -0.4 is 21.8 Å². The smallest absolute Gasteiger partial charge is 0.257 e. The number of likely N-dealkylation sites (tertiary alicyclic amines) is 1. The van der Waals surface area contributed by atoms with Gasteiger partial charge in [-0.2, -0.15) is 10.8 Å². The van der Waals surface area contributed by atoms with Crippen LogP contribution in [0, 0.1) is 26.7 Å². The van der Waals surface area contributed by atoms with E-state index in [2.05, 4.69) is 94.0 Å². The molecule has 0 saturated carbocycles. The van der Waals surface area contributed by atoms with E-state index in [4.69, 9.17) is 27.0 Å². The number of amides is 3. The van der Waals surface area contributed by atoms with Crippen LogP contribution in [0.2, 0.25) is 0 Å². The van der Waals surface area contributed by atoms with Crippen LogP contribution in [0.3, 0.4) is 0 Å². The van der Waals surface area contributed by atoms with Gasteiger partial charge in [-0.25, -0.2) is 15.0 Å². The van der Waals surface area contributed by atoms with Crippen molar-refractivity contribution >= 4 is 118 Å². The lowest BCUT2D eigenvalue weighted by atomic mass is 9.97. The standard InChI is InChI=1S/C25H23BrN4O2.C22H18BrN3O2.C21H17BrN4O3.HNO/c26-20-11-12-23(28-16-20)29-25(32)21-6-2-1-5-19(21)15-22(31)17-7-9-18(10-8-17)24(27)30-13-3-4-14-30;1-14(24)15-6-8-16(9-7-15)20(27)12-17-4-2-3-5-19(17)22(28)26-21-11-10-18(23)13-25-21;22-16-9-10-19(25-12-16)26-21(28)17-4-2-1-3-15(17)11-18(27)13-5-7-14(8-6-13)20(23)29-24;1-2/h1-2,5-12,16,27H,3-4,13-15H2,(H,28,29,32);2-11,13,24H,12H2,1H3,(H,25,26,28);1-10,12,23H,11,24H2,(H,25,26,28);1H. The molecule has 0 aliphatic carbocycles. The molecule has 3 aromatic heterocycles. The third-order valence-corrected chi connectivity index (χ3v) is 15.3. The molecule has 0 unspecified atom stereocenters. The fraction of sp³-hybridized carbons (Fsp3) is 0.118. The summed E-state index contributed by atoms with van der Waals surface area (Å²) in [6, 6.07) is 52.0. The van der Waals surface area contributed by atoms with E-state index in [0.29, 0.717) is 84.6 Å². The van der Waals surface area contributed by atoms with Crippen molar-refractivity contribution in [3.63, 3.8) is 0 Å². The van der Waals surface area contributed by atoms with Gasteiger partial charge in [0.1, 0.15) is 23.3 Å². The average Bonchev–Trinajstić information content (AvgIpc) is 4.34. The van der Waals surface area contributed by atoms with Crippen LogP contribution >= 0.6 is 47.8 Å². The molecule has 0 spiro atoms. The third kappa shape index (κ3) is 19.9. The Kier molecular flexibility index (Phi) is 25.5. The number of aromatic nitrogens is 3. The van der Waals surface area contributed by atoms with Gasteiger partial charge in [-0.15, -0.1) is 0 Å². The summed E-state index contributed by atoms with van der Waals surface area (Å²) < 4.78 is 2.45. The first-order valence-electron chi connectivity index (χ1n) is 27.9. The molecule has 23 heteroatoms. The lowest BCUT2D eigenvalue weighted by Gasteiger charge is -2.18. The van der Waals surface area contributed by atoms with Crippen molar-refractivity contribution in [2.24, 2.45) is 5.90 Å². The van der Waals surface area contributed by atoms with Crippen LogP contribution in [-0.4, -0.2) is 85.5 Å². The largest absolute Gasteiger partial charge is 0.391 e. The van der Waals surface area contributed by atoms with Crippen molar-refractivity contribution in [2.75, 3.05) is 29.0 Å². The zero-order chi connectivity index (χ0) is 65.4. The molecule has 91 heavy (non-hydrogen) atoms. The fourth-order valence-corrected chi connectivity index (χ4v) is 9.84. The molecule has 6 aromatic carbocycles. The van der Waals surface area contributed by atoms with E-state index in [0.717, 1.165) is 50.5 Å². The Bertz CT molecular complexity index is 4080. The van der Waals surface area contributed by atoms with Gasteiger partial charge in [0.05, 0.1) is 0 Å². The first-order valence-corrected chi connectivity index (χ1v) is 30.3. The molecular weight excluding hydrogens is 1350 g/mol. The molecule has 20 nitrogen and oxygen atoms in total. The number of nitrogens with zero attached hydrogens (tertiary/aromatic N) is 4. The van der Waals surface area contributed by atoms with Gasteiger partial charge in [0.25, 0.3) is 17.7 Å². The Morgan fingerprint density at radius 1 is 0.440 bits per heavy atom. The maximum Gasteiger partial charge on any atom is 0.257 e. The highest BCUT2D eigenvalue weighted by atomic mass is 79.9. The summed E-state index contributed by atoms with van der Waals surface area (Å²) in [6.07, 6.45) is 7.31. The number of hydrogen-bond donors (Lipinski definition) is 8. The number of carbonyl (C=O) groups excluding carboxylic acids is 6. The first kappa shape index (κ1) is 68.3. The summed E-state index contributed by atoms with van der Waals surface area (Å²) >= 11 is 9.92. The van der Waals surface area contributed by atoms with Crippen molar-refractivity contribution < 1.29 is 33.6 Å². The van der Waals surface area contributed by atoms with Crippen molar-refractivity contribution in [2.45, 2.75) is 39.0 Å². The summed E-state index contributed by atoms with van der Waals surface area (Å²) in [5.41, 5.74) is 11.8. The molecule has 9 N–H and O–H groups in total. The van der Waals surface area contributed by atoms with Gasteiger partial charge in [-0.3, -0.25) is 39.6 Å². The maximum absolute atomic E-state index is 12.9. The minimum absolute atomic E-state index is 0.0571. The Hall–Kier alpha value is -10.2. The van der Waals surface area contributed by atoms with E-state index in [1.165, 1.54) is 0 Å². The number of Topliss-reactive ketones (excluding diaryl/α,β-unsaturated/α-hetero) is 3. The SMILES string of the molecule is CC(=N)c1ccc(C(=O)Cc2ccccc2C(=O)Nc2ccc(Br)cn2)cc1.N=C(ON)c1ccc(C(=O)Cc2ccccc2C(=O)Nc2ccc(Br)cn2)cc1.N=C(c1ccc(C(=O)Cc2ccccc2C(=O)Nc2ccc(Br)cn2)cc1)N1CCCC1.N=O. The van der Waals surface area contributed by atoms with E-state index >= 15 is 0 Å². The number of rotatable bonds is 18. The fourth-order valence-electron chi connectivity index (χ4n) is 9.13. The highest BCUT2D eigenvalue weighted by molar-refractivity contribution is 9.11.